The predicted molar refractivity (Wildman–Crippen MR) is 93.0 cm³/mol. The first kappa shape index (κ1) is 19.5. The van der Waals surface area contributed by atoms with E-state index in [2.05, 4.69) is 10.2 Å². The van der Waals surface area contributed by atoms with Gasteiger partial charge in [0.2, 0.25) is 5.91 Å². The van der Waals surface area contributed by atoms with Crippen LogP contribution < -0.4 is 5.32 Å². The lowest BCUT2D eigenvalue weighted by atomic mass is 9.95. The molecular weight excluding hydrogens is 316 g/mol. The van der Waals surface area contributed by atoms with E-state index in [0.29, 0.717) is 0 Å². The Morgan fingerprint density at radius 1 is 1.13 bits per heavy atom. The largest absolute Gasteiger partial charge is 0.481 e. The summed E-state index contributed by atoms with van der Waals surface area (Å²) in [4.78, 5) is 25.0. The molecule has 0 aliphatic carbocycles. The zero-order chi connectivity index (χ0) is 15.8. The van der Waals surface area contributed by atoms with Crippen LogP contribution >= 0.6 is 12.4 Å². The van der Waals surface area contributed by atoms with Gasteiger partial charge in [-0.05, 0) is 57.5 Å². The number of carbonyl (C=O) groups is 2. The van der Waals surface area contributed by atoms with Crippen LogP contribution in [0.25, 0.3) is 0 Å². The molecule has 1 aromatic rings. The summed E-state index contributed by atoms with van der Waals surface area (Å²) in [7, 11) is 0. The maximum atomic E-state index is 12.2. The van der Waals surface area contributed by atoms with E-state index in [1.165, 1.54) is 0 Å². The van der Waals surface area contributed by atoms with Gasteiger partial charge in [-0.3, -0.25) is 9.59 Å². The summed E-state index contributed by atoms with van der Waals surface area (Å²) in [6.07, 6.45) is 3.63. The number of carboxylic acid groups (broad SMARTS) is 1. The number of nitrogens with one attached hydrogen (secondary N) is 1. The molecule has 1 fully saturated rings. The maximum Gasteiger partial charge on any atom is 0.303 e. The molecule has 5 nitrogen and oxygen atoms in total. The minimum Gasteiger partial charge on any atom is -0.481 e. The second-order valence-corrected chi connectivity index (χ2v) is 5.82. The van der Waals surface area contributed by atoms with Crippen molar-refractivity contribution in [3.8, 4) is 0 Å². The van der Waals surface area contributed by atoms with Gasteiger partial charge in [0.1, 0.15) is 0 Å². The van der Waals surface area contributed by atoms with Gasteiger partial charge >= 0.3 is 5.97 Å². The van der Waals surface area contributed by atoms with Crippen LogP contribution in [0.15, 0.2) is 30.3 Å². The Morgan fingerprint density at radius 2 is 1.78 bits per heavy atom. The third-order valence-corrected chi connectivity index (χ3v) is 4.11. The van der Waals surface area contributed by atoms with Crippen molar-refractivity contribution < 1.29 is 14.7 Å². The van der Waals surface area contributed by atoms with Crippen LogP contribution in [-0.2, 0) is 9.59 Å². The first-order valence-electron chi connectivity index (χ1n) is 7.95. The molecule has 128 valence electrons. The number of benzene rings is 1. The summed E-state index contributed by atoms with van der Waals surface area (Å²) in [5.41, 5.74) is 0.851. The highest BCUT2D eigenvalue weighted by Gasteiger charge is 2.24. The molecule has 1 aromatic carbocycles. The van der Waals surface area contributed by atoms with Crippen LogP contribution in [0.3, 0.4) is 0 Å². The number of aliphatic carboxylic acids is 1. The summed E-state index contributed by atoms with van der Waals surface area (Å²) >= 11 is 0. The van der Waals surface area contributed by atoms with E-state index in [-0.39, 0.29) is 30.7 Å². The molecule has 0 unspecified atom stereocenters. The Morgan fingerprint density at radius 3 is 2.39 bits per heavy atom. The average Bonchev–Trinajstić information content (AvgIpc) is 2.53. The zero-order valence-corrected chi connectivity index (χ0v) is 14.1. The third-order valence-electron chi connectivity index (χ3n) is 4.11. The number of anilines is 1. The van der Waals surface area contributed by atoms with Crippen LogP contribution in [0.4, 0.5) is 5.69 Å². The van der Waals surface area contributed by atoms with E-state index in [0.717, 1.165) is 51.0 Å². The number of hydrogen-bond acceptors (Lipinski definition) is 3. The van der Waals surface area contributed by atoms with Gasteiger partial charge in [-0.1, -0.05) is 18.2 Å². The molecule has 0 atom stereocenters. The second kappa shape index (κ2) is 10.2. The zero-order valence-electron chi connectivity index (χ0n) is 13.2. The van der Waals surface area contributed by atoms with E-state index in [1.54, 1.807) is 0 Å². The number of halogens is 1. The van der Waals surface area contributed by atoms with Crippen molar-refractivity contribution in [1.82, 2.24) is 4.90 Å². The van der Waals surface area contributed by atoms with Crippen LogP contribution in [0, 0.1) is 5.92 Å². The number of carboxylic acids is 1. The summed E-state index contributed by atoms with van der Waals surface area (Å²) < 4.78 is 0. The molecule has 0 spiro atoms. The minimum absolute atomic E-state index is 0. The van der Waals surface area contributed by atoms with E-state index >= 15 is 0 Å². The molecule has 1 heterocycles. The van der Waals surface area contributed by atoms with E-state index in [1.807, 2.05) is 30.3 Å². The van der Waals surface area contributed by atoms with Crippen LogP contribution in [0.1, 0.15) is 32.1 Å². The Balaban J connectivity index is 0.00000264. The Labute approximate surface area is 143 Å². The molecule has 0 bridgehead atoms. The Kier molecular flexibility index (Phi) is 8.66. The van der Waals surface area contributed by atoms with Crippen molar-refractivity contribution in [1.29, 1.82) is 0 Å². The highest BCUT2D eigenvalue weighted by molar-refractivity contribution is 5.92. The summed E-state index contributed by atoms with van der Waals surface area (Å²) in [6.45, 7) is 2.76. The lowest BCUT2D eigenvalue weighted by Crippen LogP contribution is -2.38. The summed E-state index contributed by atoms with van der Waals surface area (Å²) in [5.74, 6) is -0.538. The maximum absolute atomic E-state index is 12.2. The number of hydrogen-bond donors (Lipinski definition) is 2. The van der Waals surface area contributed by atoms with Crippen molar-refractivity contribution in [3.63, 3.8) is 0 Å². The number of amides is 1. The normalized spacial score (nSPS) is 15.7. The van der Waals surface area contributed by atoms with Crippen LogP contribution in [-0.4, -0.2) is 41.5 Å². The lowest BCUT2D eigenvalue weighted by molar-refractivity contribution is -0.137. The number of likely N-dealkylation sites (tertiary alicyclic amines) is 1. The minimum atomic E-state index is -0.726. The van der Waals surface area contributed by atoms with E-state index < -0.39 is 5.97 Å². The number of nitrogens with zero attached hydrogens (tertiary/aromatic N) is 1. The first-order valence-corrected chi connectivity index (χ1v) is 7.95. The molecule has 0 saturated carbocycles. The number of piperidine rings is 1. The summed E-state index contributed by atoms with van der Waals surface area (Å²) in [6, 6.07) is 9.55. The quantitative estimate of drug-likeness (QED) is 0.749. The highest BCUT2D eigenvalue weighted by atomic mass is 35.5. The van der Waals surface area contributed by atoms with Crippen molar-refractivity contribution in [2.45, 2.75) is 32.1 Å². The molecule has 2 rings (SSSR count). The van der Waals surface area contributed by atoms with Crippen molar-refractivity contribution in [2.24, 2.45) is 5.92 Å². The molecule has 1 amide bonds. The second-order valence-electron chi connectivity index (χ2n) is 5.82. The molecular formula is C17H25ClN2O3. The fourth-order valence-corrected chi connectivity index (χ4v) is 2.80. The standard InChI is InChI=1S/C17H24N2O3.ClH/c20-16(21)8-4-5-11-19-12-9-14(10-13-19)17(22)18-15-6-2-1-3-7-15;/h1-3,6-7,14H,4-5,8-13H2,(H,18,22)(H,20,21);1H. The van der Waals surface area contributed by atoms with Crippen molar-refractivity contribution in [3.05, 3.63) is 30.3 Å². The van der Waals surface area contributed by atoms with Gasteiger partial charge in [-0.15, -0.1) is 12.4 Å². The van der Waals surface area contributed by atoms with Gasteiger partial charge < -0.3 is 15.3 Å². The smallest absolute Gasteiger partial charge is 0.303 e. The van der Waals surface area contributed by atoms with Crippen molar-refractivity contribution in [2.75, 3.05) is 25.0 Å². The molecule has 6 heteroatoms. The topological polar surface area (TPSA) is 69.6 Å². The van der Waals surface area contributed by atoms with Gasteiger partial charge in [0.15, 0.2) is 0 Å². The third kappa shape index (κ3) is 7.01. The van der Waals surface area contributed by atoms with E-state index in [9.17, 15) is 9.59 Å². The fraction of sp³-hybridized carbons (Fsp3) is 0.529. The van der Waals surface area contributed by atoms with E-state index in [4.69, 9.17) is 5.11 Å². The number of rotatable bonds is 7. The SMILES string of the molecule is Cl.O=C(O)CCCCN1CCC(C(=O)Nc2ccccc2)CC1. The fourth-order valence-electron chi connectivity index (χ4n) is 2.80. The Hall–Kier alpha value is -1.59. The predicted octanol–water partition coefficient (Wildman–Crippen LogP) is 3.01. The molecule has 0 radical (unpaired) electrons. The van der Waals surface area contributed by atoms with Crippen LogP contribution in [0.2, 0.25) is 0 Å². The lowest BCUT2D eigenvalue weighted by Gasteiger charge is -2.31. The first-order chi connectivity index (χ1) is 10.6. The summed E-state index contributed by atoms with van der Waals surface area (Å²) in [5, 5.41) is 11.6. The number of unbranched alkanes of at least 4 members (excludes halogenated alkanes) is 1. The molecule has 0 aromatic heterocycles. The Bertz CT molecular complexity index is 488. The number of carbonyl (C=O) groups excluding carboxylic acids is 1. The van der Waals surface area contributed by atoms with Gasteiger partial charge in [-0.25, -0.2) is 0 Å². The molecule has 1 aliphatic rings. The molecule has 1 saturated heterocycles. The van der Waals surface area contributed by atoms with Gasteiger partial charge in [0.05, 0.1) is 0 Å². The molecule has 23 heavy (non-hydrogen) atoms. The molecule has 2 N–H and O–H groups in total. The van der Waals surface area contributed by atoms with Crippen LogP contribution in [0.5, 0.6) is 0 Å². The van der Waals surface area contributed by atoms with Gasteiger partial charge in [0.25, 0.3) is 0 Å². The molecule has 1 aliphatic heterocycles. The number of para-hydroxylation sites is 1. The van der Waals surface area contributed by atoms with Crippen molar-refractivity contribution >= 4 is 30.0 Å². The average molecular weight is 341 g/mol. The van der Waals surface area contributed by atoms with Gasteiger partial charge in [-0.2, -0.15) is 0 Å². The monoisotopic (exact) mass is 340 g/mol. The van der Waals surface area contributed by atoms with Gasteiger partial charge in [0, 0.05) is 18.0 Å². The highest BCUT2D eigenvalue weighted by Crippen LogP contribution is 2.19.